The lowest BCUT2D eigenvalue weighted by Crippen LogP contribution is -2.37. The second-order valence-electron chi connectivity index (χ2n) is 16.1. The third-order valence-electron chi connectivity index (χ3n) is 9.07. The Bertz CT molecular complexity index is 1340. The summed E-state index contributed by atoms with van der Waals surface area (Å²) in [6.45, 7) is 4.22. The van der Waals surface area contributed by atoms with Crippen LogP contribution in [-0.4, -0.2) is 74.9 Å². The first kappa shape index (κ1) is 56.9. The van der Waals surface area contributed by atoms with Crippen molar-refractivity contribution in [2.45, 2.75) is 161 Å². The van der Waals surface area contributed by atoms with Gasteiger partial charge in [0.25, 0.3) is 0 Å². The highest BCUT2D eigenvalue weighted by Crippen LogP contribution is 2.43. The summed E-state index contributed by atoms with van der Waals surface area (Å²) < 4.78 is 34.3. The Balaban J connectivity index is 4.49. The molecule has 1 N–H and O–H groups in total. The van der Waals surface area contributed by atoms with E-state index in [9.17, 15) is 19.0 Å². The molecule has 9 nitrogen and oxygen atoms in total. The lowest BCUT2D eigenvalue weighted by atomic mass is 10.1. The van der Waals surface area contributed by atoms with E-state index in [1.165, 1.54) is 32.1 Å². The highest BCUT2D eigenvalue weighted by molar-refractivity contribution is 7.47. The SMILES string of the molecule is CCC/C=C/C/C=C/C/C=C/C/C=C/CCCCCC(=O)OC[C@H](COP(=O)(O)OCC[N+](C)(C)C)OC(=O)CCCCC/C=C/C/C=C/C/C=C/C/C=C/CCCCC. The fraction of sp³-hybridized carbons (Fsp3) is 0.640. The number of hydrogen-bond donors (Lipinski definition) is 1. The van der Waals surface area contributed by atoms with Crippen molar-refractivity contribution in [1.29, 1.82) is 0 Å². The van der Waals surface area contributed by atoms with E-state index in [-0.39, 0.29) is 26.1 Å². The highest BCUT2D eigenvalue weighted by atomic mass is 31.2. The average Bonchev–Trinajstić information content (AvgIpc) is 3.20. The average molecular weight is 859 g/mol. The van der Waals surface area contributed by atoms with Crippen LogP contribution in [0.2, 0.25) is 0 Å². The molecule has 0 bridgehead atoms. The van der Waals surface area contributed by atoms with E-state index in [1.807, 2.05) is 21.1 Å². The molecule has 0 aliphatic heterocycles. The van der Waals surface area contributed by atoms with Crippen molar-refractivity contribution in [2.75, 3.05) is 47.5 Å². The zero-order chi connectivity index (χ0) is 44.3. The Morgan fingerprint density at radius 2 is 0.933 bits per heavy atom. The van der Waals surface area contributed by atoms with Crippen LogP contribution in [0.1, 0.15) is 155 Å². The van der Waals surface area contributed by atoms with Gasteiger partial charge in [-0.3, -0.25) is 18.6 Å². The third kappa shape index (κ3) is 44.5. The minimum atomic E-state index is -4.40. The summed E-state index contributed by atoms with van der Waals surface area (Å²) >= 11 is 0. The molecule has 0 rings (SSSR count). The van der Waals surface area contributed by atoms with Gasteiger partial charge in [0.15, 0.2) is 6.10 Å². The van der Waals surface area contributed by atoms with Crippen LogP contribution in [-0.2, 0) is 32.7 Å². The number of phosphoric acid groups is 1. The molecule has 1 unspecified atom stereocenters. The van der Waals surface area contributed by atoms with Gasteiger partial charge in [0.1, 0.15) is 19.8 Å². The van der Waals surface area contributed by atoms with E-state index in [1.54, 1.807) is 0 Å². The van der Waals surface area contributed by atoms with Crippen LogP contribution >= 0.6 is 7.82 Å². The van der Waals surface area contributed by atoms with Crippen molar-refractivity contribution >= 4 is 19.8 Å². The first-order valence-electron chi connectivity index (χ1n) is 23.0. The number of ether oxygens (including phenoxy) is 2. The summed E-state index contributed by atoms with van der Waals surface area (Å²) in [5, 5.41) is 0. The van der Waals surface area contributed by atoms with Crippen molar-refractivity contribution in [1.82, 2.24) is 0 Å². The molecule has 0 aliphatic carbocycles. The summed E-state index contributed by atoms with van der Waals surface area (Å²) in [6.07, 6.45) is 54.5. The molecular weight excluding hydrogens is 774 g/mol. The molecule has 0 aliphatic rings. The molecule has 0 spiro atoms. The van der Waals surface area contributed by atoms with Crippen molar-refractivity contribution in [3.05, 3.63) is 97.2 Å². The number of allylic oxidation sites excluding steroid dienone is 16. The molecule has 0 saturated heterocycles. The maximum absolute atomic E-state index is 12.7. The normalized spacial score (nSPS) is 14.4. The van der Waals surface area contributed by atoms with Gasteiger partial charge in [-0.05, 0) is 96.3 Å². The van der Waals surface area contributed by atoms with Gasteiger partial charge in [0, 0.05) is 12.8 Å². The van der Waals surface area contributed by atoms with Crippen LogP contribution in [0.3, 0.4) is 0 Å². The van der Waals surface area contributed by atoms with Gasteiger partial charge in [-0.2, -0.15) is 0 Å². The number of hydrogen-bond acceptors (Lipinski definition) is 7. The number of unbranched alkanes of at least 4 members (excludes halogenated alkanes) is 10. The predicted molar refractivity (Wildman–Crippen MR) is 252 cm³/mol. The predicted octanol–water partition coefficient (Wildman–Crippen LogP) is 13.4. The molecule has 0 amide bonds. The topological polar surface area (TPSA) is 108 Å². The Morgan fingerprint density at radius 3 is 1.37 bits per heavy atom. The van der Waals surface area contributed by atoms with E-state index in [0.29, 0.717) is 23.9 Å². The summed E-state index contributed by atoms with van der Waals surface area (Å²) in [6, 6.07) is 0. The Hall–Kier alpha value is -3.07. The van der Waals surface area contributed by atoms with Gasteiger partial charge in [-0.25, -0.2) is 4.57 Å². The number of likely N-dealkylation sites (N-methyl/N-ethyl adjacent to an activating group) is 1. The zero-order valence-electron chi connectivity index (χ0n) is 38.4. The van der Waals surface area contributed by atoms with Gasteiger partial charge < -0.3 is 18.9 Å². The molecular formula is C50H85NO8P+. The molecule has 10 heteroatoms. The lowest BCUT2D eigenvalue weighted by molar-refractivity contribution is -0.870. The summed E-state index contributed by atoms with van der Waals surface area (Å²) in [5.74, 6) is -0.881. The zero-order valence-corrected chi connectivity index (χ0v) is 39.3. The van der Waals surface area contributed by atoms with Crippen LogP contribution in [0.4, 0.5) is 0 Å². The number of rotatable bonds is 40. The molecule has 0 radical (unpaired) electrons. The molecule has 0 aromatic carbocycles. The fourth-order valence-corrected chi connectivity index (χ4v) is 6.20. The number of quaternary nitrogens is 1. The molecule has 0 aromatic rings. The maximum Gasteiger partial charge on any atom is 0.472 e. The second-order valence-corrected chi connectivity index (χ2v) is 17.5. The number of phosphoric ester groups is 1. The number of carbonyl (C=O) groups is 2. The summed E-state index contributed by atoms with van der Waals surface area (Å²) in [7, 11) is 1.42. The maximum atomic E-state index is 12.7. The monoisotopic (exact) mass is 859 g/mol. The molecule has 60 heavy (non-hydrogen) atoms. The van der Waals surface area contributed by atoms with Gasteiger partial charge >= 0.3 is 19.8 Å². The largest absolute Gasteiger partial charge is 0.472 e. The third-order valence-corrected chi connectivity index (χ3v) is 10.1. The smallest absolute Gasteiger partial charge is 0.462 e. The van der Waals surface area contributed by atoms with E-state index >= 15 is 0 Å². The Kier molecular flexibility index (Phi) is 39.2. The molecule has 0 fully saturated rings. The van der Waals surface area contributed by atoms with Crippen LogP contribution in [0.15, 0.2) is 97.2 Å². The summed E-state index contributed by atoms with van der Waals surface area (Å²) in [5.41, 5.74) is 0. The van der Waals surface area contributed by atoms with E-state index in [4.69, 9.17) is 18.5 Å². The first-order chi connectivity index (χ1) is 29.0. The standard InChI is InChI=1S/C50H84NO8P/c1-6-8-10-12-14-16-18-20-22-24-25-27-29-31-33-35-37-39-41-43-50(53)59-48(47-58-60(54,55)57-45-44-51(3,4)5)46-56-49(52)42-40-38-36-34-32-30-28-26-23-21-19-17-15-13-11-9-7-2/h11,13-14,16-17,19-20,22-23,25-27,30-33,48H,6-10,12,15,18,21,24,28-29,34-47H2,1-5H3/p+1/b13-11+,16-14+,19-17+,22-20+,26-23+,27-25+,32-30+,33-31+/t48-/m1/s1. The minimum Gasteiger partial charge on any atom is -0.462 e. The van der Waals surface area contributed by atoms with Crippen LogP contribution in [0, 0.1) is 0 Å². The molecule has 2 atom stereocenters. The highest BCUT2D eigenvalue weighted by Gasteiger charge is 2.27. The number of carbonyl (C=O) groups excluding carboxylic acids is 2. The quantitative estimate of drug-likeness (QED) is 0.0213. The van der Waals surface area contributed by atoms with Gasteiger partial charge in [0.2, 0.25) is 0 Å². The molecule has 0 aromatic heterocycles. The van der Waals surface area contributed by atoms with Crippen molar-refractivity contribution < 1.29 is 42.1 Å². The van der Waals surface area contributed by atoms with E-state index in [0.717, 1.165) is 83.5 Å². The van der Waals surface area contributed by atoms with Crippen molar-refractivity contribution in [3.63, 3.8) is 0 Å². The summed E-state index contributed by atoms with van der Waals surface area (Å²) in [4.78, 5) is 35.4. The molecule has 0 saturated carbocycles. The van der Waals surface area contributed by atoms with Crippen LogP contribution in [0.5, 0.6) is 0 Å². The Morgan fingerprint density at radius 1 is 0.517 bits per heavy atom. The van der Waals surface area contributed by atoms with Crippen LogP contribution in [0.25, 0.3) is 0 Å². The van der Waals surface area contributed by atoms with Gasteiger partial charge in [-0.1, -0.05) is 143 Å². The molecule has 342 valence electrons. The minimum absolute atomic E-state index is 0.0140. The van der Waals surface area contributed by atoms with E-state index in [2.05, 4.69) is 111 Å². The van der Waals surface area contributed by atoms with Crippen molar-refractivity contribution in [2.24, 2.45) is 0 Å². The molecule has 0 heterocycles. The van der Waals surface area contributed by atoms with Gasteiger partial charge in [-0.15, -0.1) is 0 Å². The lowest BCUT2D eigenvalue weighted by Gasteiger charge is -2.24. The Labute approximate surface area is 366 Å². The van der Waals surface area contributed by atoms with Crippen LogP contribution < -0.4 is 0 Å². The van der Waals surface area contributed by atoms with Crippen molar-refractivity contribution in [3.8, 4) is 0 Å². The number of nitrogens with zero attached hydrogens (tertiary/aromatic N) is 1. The second kappa shape index (κ2) is 41.3. The fourth-order valence-electron chi connectivity index (χ4n) is 5.46. The number of esters is 2. The van der Waals surface area contributed by atoms with Gasteiger partial charge in [0.05, 0.1) is 27.7 Å². The first-order valence-corrected chi connectivity index (χ1v) is 24.5. The van der Waals surface area contributed by atoms with E-state index < -0.39 is 32.5 Å².